The van der Waals surface area contributed by atoms with E-state index in [0.717, 1.165) is 31.2 Å². The van der Waals surface area contributed by atoms with Crippen LogP contribution >= 0.6 is 11.8 Å². The highest BCUT2D eigenvalue weighted by Gasteiger charge is 2.39. The summed E-state index contributed by atoms with van der Waals surface area (Å²) in [5, 5.41) is 23.0. The minimum Gasteiger partial charge on any atom is -0.491 e. The average molecular weight is 993 g/mol. The van der Waals surface area contributed by atoms with Gasteiger partial charge in [0.15, 0.2) is 11.6 Å². The predicted octanol–water partition coefficient (Wildman–Crippen LogP) is 4.82. The average Bonchev–Trinajstić information content (AvgIpc) is 3.92. The molecule has 1 aromatic heterocycles. The molecule has 3 heterocycles. The van der Waals surface area contributed by atoms with Gasteiger partial charge in [0.05, 0.1) is 57.9 Å². The molecule has 0 bridgehead atoms. The molecule has 0 spiro atoms. The number of nitrogens with zero attached hydrogens (tertiary/aromatic N) is 2. The molecule has 2 atom stereocenters. The first kappa shape index (κ1) is 54.6. The number of hydrogen-bond donors (Lipinski definition) is 8. The number of thioether (sulfide) groups is 1. The molecule has 0 radical (unpaired) electrons. The second-order valence-electron chi connectivity index (χ2n) is 15.9. The fraction of sp³-hybridized carbons (Fsp3) is 0.479. The number of halogens is 1. The van der Waals surface area contributed by atoms with Crippen molar-refractivity contribution in [3.8, 4) is 5.75 Å². The summed E-state index contributed by atoms with van der Waals surface area (Å²) in [5.74, 6) is 0.419. The molecular formula is C48H65FN10O10S. The Kier molecular flexibility index (Phi) is 24.8. The second kappa shape index (κ2) is 31.7. The highest BCUT2D eigenvalue weighted by molar-refractivity contribution is 8.03. The van der Waals surface area contributed by atoms with E-state index in [1.54, 1.807) is 60.3 Å². The summed E-state index contributed by atoms with van der Waals surface area (Å²) < 4.78 is 42.4. The van der Waals surface area contributed by atoms with Crippen molar-refractivity contribution in [2.45, 2.75) is 63.5 Å². The van der Waals surface area contributed by atoms with Gasteiger partial charge in [-0.3, -0.25) is 19.2 Å². The molecule has 3 aromatic rings. The normalized spacial score (nSPS) is 15.3. The number of urea groups is 1. The van der Waals surface area contributed by atoms with E-state index in [1.165, 1.54) is 11.0 Å². The molecule has 2 fully saturated rings. The molecular weight excluding hydrogens is 928 g/mol. The molecule has 0 saturated carbocycles. The Bertz CT molecular complexity index is 2150. The highest BCUT2D eigenvalue weighted by atomic mass is 32.2. The monoisotopic (exact) mass is 992 g/mol. The lowest BCUT2D eigenvalue weighted by Gasteiger charge is -2.11. The van der Waals surface area contributed by atoms with Crippen LogP contribution in [0.3, 0.4) is 0 Å². The van der Waals surface area contributed by atoms with Gasteiger partial charge in [-0.15, -0.1) is 11.8 Å². The van der Waals surface area contributed by atoms with Crippen LogP contribution in [0.25, 0.3) is 0 Å². The molecule has 20 nitrogen and oxygen atoms in total. The third kappa shape index (κ3) is 21.5. The van der Waals surface area contributed by atoms with Gasteiger partial charge >= 0.3 is 6.03 Å². The summed E-state index contributed by atoms with van der Waals surface area (Å²) in [6.07, 6.45) is 8.68. The number of nitrogens with one attached hydrogen (secondary N) is 8. The molecule has 70 heavy (non-hydrogen) atoms. The van der Waals surface area contributed by atoms with Crippen LogP contribution in [0.5, 0.6) is 5.75 Å². The number of unbranched alkanes of at least 4 members (excludes halogenated alkanes) is 1. The summed E-state index contributed by atoms with van der Waals surface area (Å²) in [6, 6.07) is 13.8. The summed E-state index contributed by atoms with van der Waals surface area (Å²) in [6.45, 7) is 8.51. The number of aromatic nitrogens is 2. The maximum absolute atomic E-state index is 14.5. The van der Waals surface area contributed by atoms with Crippen LogP contribution in [-0.2, 0) is 38.1 Å². The van der Waals surface area contributed by atoms with E-state index in [4.69, 9.17) is 23.7 Å². The van der Waals surface area contributed by atoms with Crippen molar-refractivity contribution >= 4 is 70.3 Å². The number of fused-ring (bicyclic) bond motifs is 1. The van der Waals surface area contributed by atoms with Crippen molar-refractivity contribution in [3.63, 3.8) is 0 Å². The minimum atomic E-state index is -0.640. The van der Waals surface area contributed by atoms with E-state index >= 15 is 0 Å². The third-order valence-electron chi connectivity index (χ3n) is 10.3. The zero-order chi connectivity index (χ0) is 49.6. The molecule has 0 unspecified atom stereocenters. The first-order chi connectivity index (χ1) is 34.1. The number of amides is 6. The van der Waals surface area contributed by atoms with Crippen LogP contribution in [0.1, 0.15) is 51.4 Å². The Hall–Kier alpha value is -6.33. The van der Waals surface area contributed by atoms with Crippen molar-refractivity contribution in [2.24, 2.45) is 0 Å². The van der Waals surface area contributed by atoms with E-state index in [1.807, 2.05) is 0 Å². The predicted molar refractivity (Wildman–Crippen MR) is 265 cm³/mol. The van der Waals surface area contributed by atoms with Gasteiger partial charge < -0.3 is 66.2 Å². The smallest absolute Gasteiger partial charge is 0.315 e. The number of rotatable bonds is 35. The van der Waals surface area contributed by atoms with Crippen molar-refractivity contribution in [2.75, 3.05) is 101 Å². The Balaban J connectivity index is 0.752. The van der Waals surface area contributed by atoms with Crippen LogP contribution in [0.15, 0.2) is 78.4 Å². The molecule has 8 N–H and O–H groups in total. The van der Waals surface area contributed by atoms with Gasteiger partial charge in [0, 0.05) is 79.8 Å². The summed E-state index contributed by atoms with van der Waals surface area (Å²) in [5.41, 5.74) is 1.78. The van der Waals surface area contributed by atoms with Crippen molar-refractivity contribution < 1.29 is 52.0 Å². The highest BCUT2D eigenvalue weighted by Crippen LogP contribution is 2.34. The lowest BCUT2D eigenvalue weighted by molar-refractivity contribution is -0.123. The van der Waals surface area contributed by atoms with E-state index in [9.17, 15) is 28.4 Å². The van der Waals surface area contributed by atoms with Crippen LogP contribution in [0.4, 0.5) is 38.0 Å². The van der Waals surface area contributed by atoms with Gasteiger partial charge in [-0.2, -0.15) is 4.98 Å². The van der Waals surface area contributed by atoms with Crippen LogP contribution < -0.4 is 47.3 Å². The SMILES string of the molecule is C=CC(=O)Nc1ccc(Nc2nc(Nc3ccc(OCCOCCNC(=O)CCCC(=O)NCCCOCCOCCOCCCNC(=O)CCC/C=C4\SC[C@@H]5NC(=O)N[C@H]45)cc3)ncc2F)cc1. The van der Waals surface area contributed by atoms with Crippen molar-refractivity contribution in [1.29, 1.82) is 0 Å². The van der Waals surface area contributed by atoms with Gasteiger partial charge in [-0.25, -0.2) is 14.2 Å². The number of benzene rings is 2. The van der Waals surface area contributed by atoms with Crippen LogP contribution in [0, 0.1) is 5.82 Å². The van der Waals surface area contributed by atoms with Gasteiger partial charge in [0.2, 0.25) is 29.6 Å². The maximum Gasteiger partial charge on any atom is 0.315 e. The van der Waals surface area contributed by atoms with Crippen molar-refractivity contribution in [3.05, 3.63) is 84.2 Å². The Morgan fingerprint density at radius 1 is 0.700 bits per heavy atom. The summed E-state index contributed by atoms with van der Waals surface area (Å²) in [4.78, 5) is 68.8. The largest absolute Gasteiger partial charge is 0.491 e. The molecule has 0 aliphatic carbocycles. The quantitative estimate of drug-likeness (QED) is 0.0223. The maximum atomic E-state index is 14.5. The van der Waals surface area contributed by atoms with Gasteiger partial charge in [0.1, 0.15) is 12.4 Å². The Morgan fingerprint density at radius 3 is 1.94 bits per heavy atom. The third-order valence-corrected chi connectivity index (χ3v) is 11.6. The number of carbonyl (C=O) groups excluding carboxylic acids is 5. The summed E-state index contributed by atoms with van der Waals surface area (Å²) >= 11 is 1.76. The van der Waals surface area contributed by atoms with Crippen LogP contribution in [0.2, 0.25) is 0 Å². The summed E-state index contributed by atoms with van der Waals surface area (Å²) in [7, 11) is 0. The van der Waals surface area contributed by atoms with Crippen LogP contribution in [-0.4, -0.2) is 137 Å². The first-order valence-corrected chi connectivity index (χ1v) is 24.5. The minimum absolute atomic E-state index is 0.0280. The molecule has 380 valence electrons. The number of allylic oxidation sites excluding steroid dienone is 1. The molecule has 2 aliphatic heterocycles. The van der Waals surface area contributed by atoms with Gasteiger partial charge in [0.25, 0.3) is 0 Å². The Labute approximate surface area is 411 Å². The molecule has 2 aliphatic rings. The zero-order valence-corrected chi connectivity index (χ0v) is 40.1. The number of anilines is 5. The van der Waals surface area contributed by atoms with E-state index in [-0.39, 0.29) is 66.4 Å². The molecule has 2 saturated heterocycles. The fourth-order valence-electron chi connectivity index (χ4n) is 6.76. The standard InChI is InChI=1S/C48H65FN10O10S/c1-2-41(60)54-34-12-14-35(15-13-34)55-46-38(49)32-53-47(59-46)56-36-16-18-37(19-17-36)69-31-30-67-25-22-52-44(63)11-5-10-43(62)51-21-7-24-66-27-29-68-28-26-65-23-6-20-50-42(61)9-4-3-8-40-45-39(33-70-40)57-48(64)58-45/h2,8,12-19,32,39,45H,1,3-7,9-11,20-31,33H2,(H,50,61)(H,51,62)(H,52,63)(H,54,60)(H2,57,58,64)(H2,53,55,56,59)/b40-8-/t39-,45-/m0/s1. The second-order valence-corrected chi connectivity index (χ2v) is 16.9. The van der Waals surface area contributed by atoms with Gasteiger partial charge in [-0.05, 0) is 86.7 Å². The van der Waals surface area contributed by atoms with E-state index in [0.29, 0.717) is 121 Å². The lowest BCUT2D eigenvalue weighted by Crippen LogP contribution is -2.30. The number of ether oxygens (including phenoxy) is 5. The fourth-order valence-corrected chi connectivity index (χ4v) is 8.05. The molecule has 22 heteroatoms. The molecule has 6 amide bonds. The van der Waals surface area contributed by atoms with Gasteiger partial charge in [-0.1, -0.05) is 12.7 Å². The van der Waals surface area contributed by atoms with E-state index < -0.39 is 5.82 Å². The lowest BCUT2D eigenvalue weighted by atomic mass is 10.1. The first-order valence-electron chi connectivity index (χ1n) is 23.5. The zero-order valence-electron chi connectivity index (χ0n) is 39.3. The van der Waals surface area contributed by atoms with E-state index in [2.05, 4.69) is 65.2 Å². The topological polar surface area (TPSA) is 254 Å². The number of carbonyl (C=O) groups is 5. The number of hydrogen-bond acceptors (Lipinski definition) is 15. The van der Waals surface area contributed by atoms with Crippen molar-refractivity contribution in [1.82, 2.24) is 36.6 Å². The molecule has 2 aromatic carbocycles. The molecule has 5 rings (SSSR count). The Morgan fingerprint density at radius 2 is 1.27 bits per heavy atom.